The molecule has 0 aliphatic rings. The van der Waals surface area contributed by atoms with Crippen molar-refractivity contribution in [2.24, 2.45) is 0 Å². The van der Waals surface area contributed by atoms with Crippen LogP contribution < -0.4 is 9.47 Å². The summed E-state index contributed by atoms with van der Waals surface area (Å²) in [7, 11) is 3.04. The minimum Gasteiger partial charge on any atom is -0.480 e. The molecule has 18 heavy (non-hydrogen) atoms. The van der Waals surface area contributed by atoms with Gasteiger partial charge < -0.3 is 14.6 Å². The molecular weight excluding hydrogens is 232 g/mol. The molecule has 0 atom stereocenters. The zero-order valence-corrected chi connectivity index (χ0v) is 11.6. The van der Waals surface area contributed by atoms with E-state index in [2.05, 4.69) is 9.97 Å². The molecule has 1 aromatic heterocycles. The topological polar surface area (TPSA) is 64.5 Å². The lowest BCUT2D eigenvalue weighted by Crippen LogP contribution is -2.27. The second-order valence-corrected chi connectivity index (χ2v) is 4.30. The van der Waals surface area contributed by atoms with E-state index in [-0.39, 0.29) is 0 Å². The highest BCUT2D eigenvalue weighted by molar-refractivity contribution is 5.28. The van der Waals surface area contributed by atoms with Crippen LogP contribution in [0.2, 0.25) is 0 Å². The molecule has 1 N–H and O–H groups in total. The van der Waals surface area contributed by atoms with E-state index in [0.29, 0.717) is 30.3 Å². The van der Waals surface area contributed by atoms with Gasteiger partial charge in [0.2, 0.25) is 11.8 Å². The zero-order valence-electron chi connectivity index (χ0n) is 11.6. The van der Waals surface area contributed by atoms with Crippen molar-refractivity contribution < 1.29 is 14.6 Å². The molecule has 0 spiro atoms. The molecule has 5 heteroatoms. The number of methoxy groups -OCH3 is 2. The summed E-state index contributed by atoms with van der Waals surface area (Å²) < 4.78 is 10.2. The fraction of sp³-hybridized carbons (Fsp3) is 0.692. The summed E-state index contributed by atoms with van der Waals surface area (Å²) in [5, 5.41) is 10.7. The summed E-state index contributed by atoms with van der Waals surface area (Å²) in [6.45, 7) is 4.06. The first-order valence-corrected chi connectivity index (χ1v) is 6.29. The number of nitrogens with zero attached hydrogens (tertiary/aromatic N) is 2. The second kappa shape index (κ2) is 6.54. The predicted octanol–water partition coefficient (Wildman–Crippen LogP) is 2.28. The Kier molecular flexibility index (Phi) is 5.34. The van der Waals surface area contributed by atoms with Crippen LogP contribution in [0.1, 0.15) is 45.2 Å². The standard InChI is InChI=1S/C13H22N2O3/c1-5-7-13(16,8-6-2)11-12(18-4)15-10(17-3)9-14-11/h9,16H,5-8H2,1-4H3. The van der Waals surface area contributed by atoms with E-state index in [0.717, 1.165) is 12.8 Å². The maximum Gasteiger partial charge on any atom is 0.241 e. The van der Waals surface area contributed by atoms with Gasteiger partial charge in [-0.2, -0.15) is 4.98 Å². The number of rotatable bonds is 7. The first-order valence-electron chi connectivity index (χ1n) is 6.29. The van der Waals surface area contributed by atoms with E-state index in [9.17, 15) is 5.11 Å². The van der Waals surface area contributed by atoms with Crippen molar-refractivity contribution in [3.05, 3.63) is 11.9 Å². The third-order valence-corrected chi connectivity index (χ3v) is 2.89. The lowest BCUT2D eigenvalue weighted by Gasteiger charge is -2.27. The zero-order chi connectivity index (χ0) is 13.6. The lowest BCUT2D eigenvalue weighted by atomic mass is 9.89. The second-order valence-electron chi connectivity index (χ2n) is 4.30. The molecule has 0 radical (unpaired) electrons. The summed E-state index contributed by atoms with van der Waals surface area (Å²) in [6, 6.07) is 0. The van der Waals surface area contributed by atoms with Crippen molar-refractivity contribution in [1.82, 2.24) is 9.97 Å². The monoisotopic (exact) mass is 254 g/mol. The minimum absolute atomic E-state index is 0.332. The van der Waals surface area contributed by atoms with Crippen molar-refractivity contribution >= 4 is 0 Å². The Morgan fingerprint density at radius 3 is 2.22 bits per heavy atom. The van der Waals surface area contributed by atoms with Crippen LogP contribution in [0.4, 0.5) is 0 Å². The Balaban J connectivity index is 3.18. The lowest BCUT2D eigenvalue weighted by molar-refractivity contribution is 0.00961. The summed E-state index contributed by atoms with van der Waals surface area (Å²) in [5.74, 6) is 0.713. The van der Waals surface area contributed by atoms with Gasteiger partial charge in [-0.25, -0.2) is 4.98 Å². The van der Waals surface area contributed by atoms with Gasteiger partial charge in [-0.15, -0.1) is 0 Å². The van der Waals surface area contributed by atoms with Crippen LogP contribution in [-0.4, -0.2) is 29.3 Å². The molecule has 0 aromatic carbocycles. The Morgan fingerprint density at radius 1 is 1.17 bits per heavy atom. The Labute approximate surface area is 108 Å². The van der Waals surface area contributed by atoms with Gasteiger partial charge in [0.05, 0.1) is 20.4 Å². The molecule has 1 rings (SSSR count). The van der Waals surface area contributed by atoms with E-state index in [1.54, 1.807) is 0 Å². The minimum atomic E-state index is -0.978. The molecule has 0 aliphatic carbocycles. The molecule has 0 fully saturated rings. The van der Waals surface area contributed by atoms with E-state index >= 15 is 0 Å². The highest BCUT2D eigenvalue weighted by Gasteiger charge is 2.33. The van der Waals surface area contributed by atoms with Gasteiger partial charge in [-0.05, 0) is 12.8 Å². The normalized spacial score (nSPS) is 11.4. The smallest absolute Gasteiger partial charge is 0.241 e. The van der Waals surface area contributed by atoms with Gasteiger partial charge in [-0.3, -0.25) is 0 Å². The first kappa shape index (κ1) is 14.7. The van der Waals surface area contributed by atoms with Gasteiger partial charge in [0.25, 0.3) is 0 Å². The third kappa shape index (κ3) is 3.10. The molecule has 0 unspecified atom stereocenters. The van der Waals surface area contributed by atoms with Crippen LogP contribution in [0.15, 0.2) is 6.20 Å². The van der Waals surface area contributed by atoms with Crippen LogP contribution in [0.5, 0.6) is 11.8 Å². The third-order valence-electron chi connectivity index (χ3n) is 2.89. The van der Waals surface area contributed by atoms with Crippen molar-refractivity contribution in [1.29, 1.82) is 0 Å². The summed E-state index contributed by atoms with van der Waals surface area (Å²) in [6.07, 6.45) is 4.52. The van der Waals surface area contributed by atoms with Crippen LogP contribution in [0, 0.1) is 0 Å². The largest absolute Gasteiger partial charge is 0.480 e. The van der Waals surface area contributed by atoms with Gasteiger partial charge >= 0.3 is 0 Å². The molecule has 0 saturated heterocycles. The molecule has 5 nitrogen and oxygen atoms in total. The SMILES string of the molecule is CCCC(O)(CCC)c1ncc(OC)nc1OC. The fourth-order valence-electron chi connectivity index (χ4n) is 2.11. The predicted molar refractivity (Wildman–Crippen MR) is 68.8 cm³/mol. The van der Waals surface area contributed by atoms with Gasteiger partial charge in [-0.1, -0.05) is 26.7 Å². The number of hydrogen-bond acceptors (Lipinski definition) is 5. The number of aromatic nitrogens is 2. The number of hydrogen-bond donors (Lipinski definition) is 1. The van der Waals surface area contributed by atoms with Gasteiger partial charge in [0, 0.05) is 0 Å². The number of aliphatic hydroxyl groups is 1. The summed E-state index contributed by atoms with van der Waals surface area (Å²) in [5.41, 5.74) is -0.483. The van der Waals surface area contributed by atoms with E-state index < -0.39 is 5.60 Å². The Morgan fingerprint density at radius 2 is 1.78 bits per heavy atom. The molecular formula is C13H22N2O3. The molecule has 1 aromatic rings. The fourth-order valence-corrected chi connectivity index (χ4v) is 2.11. The van der Waals surface area contributed by atoms with Crippen LogP contribution in [0.3, 0.4) is 0 Å². The van der Waals surface area contributed by atoms with Crippen LogP contribution >= 0.6 is 0 Å². The Hall–Kier alpha value is -1.36. The van der Waals surface area contributed by atoms with Gasteiger partial charge in [0.15, 0.2) is 0 Å². The summed E-state index contributed by atoms with van der Waals surface area (Å²) >= 11 is 0. The van der Waals surface area contributed by atoms with Crippen molar-refractivity contribution in [3.8, 4) is 11.8 Å². The van der Waals surface area contributed by atoms with Crippen LogP contribution in [-0.2, 0) is 5.60 Å². The molecule has 0 aliphatic heterocycles. The molecule has 0 bridgehead atoms. The van der Waals surface area contributed by atoms with E-state index in [4.69, 9.17) is 9.47 Å². The van der Waals surface area contributed by atoms with E-state index in [1.165, 1.54) is 20.4 Å². The quantitative estimate of drug-likeness (QED) is 0.808. The molecule has 1 heterocycles. The van der Waals surface area contributed by atoms with Crippen molar-refractivity contribution in [3.63, 3.8) is 0 Å². The van der Waals surface area contributed by atoms with Gasteiger partial charge in [0.1, 0.15) is 11.3 Å². The van der Waals surface area contributed by atoms with Crippen molar-refractivity contribution in [2.75, 3.05) is 14.2 Å². The highest BCUT2D eigenvalue weighted by atomic mass is 16.5. The summed E-state index contributed by atoms with van der Waals surface area (Å²) in [4.78, 5) is 8.44. The average Bonchev–Trinajstić information content (AvgIpc) is 2.38. The molecule has 0 saturated carbocycles. The average molecular weight is 254 g/mol. The maximum atomic E-state index is 10.7. The maximum absolute atomic E-state index is 10.7. The highest BCUT2D eigenvalue weighted by Crippen LogP contribution is 2.35. The molecule has 0 amide bonds. The van der Waals surface area contributed by atoms with Crippen LogP contribution in [0.25, 0.3) is 0 Å². The Bertz CT molecular complexity index is 376. The molecule has 102 valence electrons. The number of ether oxygens (including phenoxy) is 2. The van der Waals surface area contributed by atoms with E-state index in [1.807, 2.05) is 13.8 Å². The van der Waals surface area contributed by atoms with Crippen molar-refractivity contribution in [2.45, 2.75) is 45.1 Å². The first-order chi connectivity index (χ1) is 8.61.